The van der Waals surface area contributed by atoms with Crippen molar-refractivity contribution < 1.29 is 4.79 Å². The van der Waals surface area contributed by atoms with Crippen molar-refractivity contribution in [1.82, 2.24) is 10.2 Å². The van der Waals surface area contributed by atoms with Crippen LogP contribution in [0.25, 0.3) is 0 Å². The lowest BCUT2D eigenvalue weighted by molar-refractivity contribution is -0.125. The highest BCUT2D eigenvalue weighted by Gasteiger charge is 2.16. The van der Waals surface area contributed by atoms with Gasteiger partial charge in [-0.1, -0.05) is 19.8 Å². The minimum absolute atomic E-state index is 0.0524. The van der Waals surface area contributed by atoms with Crippen molar-refractivity contribution in [3.8, 4) is 6.07 Å². The lowest BCUT2D eigenvalue weighted by atomic mass is 10.2. The molecule has 1 atom stereocenters. The van der Waals surface area contributed by atoms with E-state index in [0.717, 1.165) is 25.8 Å². The molecule has 0 aliphatic carbocycles. The molecule has 0 bridgehead atoms. The van der Waals surface area contributed by atoms with Crippen LogP contribution in [-0.2, 0) is 4.79 Å². The molecule has 1 amide bonds. The molecule has 0 rings (SSSR count). The number of carbonyl (C=O) groups excluding carboxylic acids is 1. The number of hydrogen-bond donors (Lipinski definition) is 1. The number of carbonyl (C=O) groups is 1. The Kier molecular flexibility index (Phi) is 8.55. The first-order chi connectivity index (χ1) is 7.63. The van der Waals surface area contributed by atoms with E-state index < -0.39 is 0 Å². The molecule has 0 aromatic rings. The van der Waals surface area contributed by atoms with Gasteiger partial charge in [-0.25, -0.2) is 0 Å². The first-order valence-electron chi connectivity index (χ1n) is 5.98. The van der Waals surface area contributed by atoms with Crippen LogP contribution in [0, 0.1) is 11.3 Å². The zero-order valence-electron chi connectivity index (χ0n) is 10.6. The summed E-state index contributed by atoms with van der Waals surface area (Å²) in [6.45, 7) is 5.40. The molecule has 4 nitrogen and oxygen atoms in total. The van der Waals surface area contributed by atoms with Gasteiger partial charge in [0, 0.05) is 19.5 Å². The summed E-state index contributed by atoms with van der Waals surface area (Å²) in [6.07, 6.45) is 3.81. The van der Waals surface area contributed by atoms with Crippen molar-refractivity contribution in [3.05, 3.63) is 0 Å². The molecule has 0 heterocycles. The van der Waals surface area contributed by atoms with Gasteiger partial charge in [-0.05, 0) is 20.4 Å². The largest absolute Gasteiger partial charge is 0.355 e. The molecule has 0 radical (unpaired) electrons. The van der Waals surface area contributed by atoms with E-state index in [1.807, 2.05) is 18.9 Å². The number of rotatable bonds is 8. The van der Waals surface area contributed by atoms with E-state index in [0.29, 0.717) is 13.0 Å². The third-order valence-electron chi connectivity index (χ3n) is 2.70. The van der Waals surface area contributed by atoms with Gasteiger partial charge in [0.1, 0.15) is 0 Å². The molecule has 0 saturated heterocycles. The van der Waals surface area contributed by atoms with Crippen LogP contribution in [0.2, 0.25) is 0 Å². The van der Waals surface area contributed by atoms with Crippen molar-refractivity contribution in [2.24, 2.45) is 0 Å². The van der Waals surface area contributed by atoms with Gasteiger partial charge in [0.05, 0.1) is 12.1 Å². The molecule has 92 valence electrons. The Hall–Kier alpha value is -1.08. The summed E-state index contributed by atoms with van der Waals surface area (Å²) in [5.74, 6) is 0.0524. The number of likely N-dealkylation sites (N-methyl/N-ethyl adjacent to an activating group) is 1. The Labute approximate surface area is 98.6 Å². The lowest BCUT2D eigenvalue weighted by Gasteiger charge is -2.22. The van der Waals surface area contributed by atoms with Crippen LogP contribution in [-0.4, -0.2) is 37.0 Å². The molecule has 0 aromatic heterocycles. The van der Waals surface area contributed by atoms with E-state index in [2.05, 4.69) is 18.3 Å². The smallest absolute Gasteiger partial charge is 0.237 e. The molecular weight excluding hydrogens is 202 g/mol. The van der Waals surface area contributed by atoms with Gasteiger partial charge in [0.15, 0.2) is 0 Å². The predicted octanol–water partition coefficient (Wildman–Crippen LogP) is 1.53. The second-order valence-electron chi connectivity index (χ2n) is 4.06. The Morgan fingerprint density at radius 1 is 1.50 bits per heavy atom. The standard InChI is InChI=1S/C12H23N3O/c1-4-5-6-9-14-12(16)11(2)15(3)10-7-8-13/h11H,4-7,9-10H2,1-3H3,(H,14,16). The van der Waals surface area contributed by atoms with Crippen molar-refractivity contribution >= 4 is 5.91 Å². The van der Waals surface area contributed by atoms with Crippen molar-refractivity contribution in [2.45, 2.75) is 45.6 Å². The Morgan fingerprint density at radius 3 is 2.75 bits per heavy atom. The van der Waals surface area contributed by atoms with Crippen LogP contribution in [0.4, 0.5) is 0 Å². The van der Waals surface area contributed by atoms with Crippen LogP contribution in [0.3, 0.4) is 0 Å². The lowest BCUT2D eigenvalue weighted by Crippen LogP contribution is -2.43. The van der Waals surface area contributed by atoms with Gasteiger partial charge in [-0.2, -0.15) is 5.26 Å². The third-order valence-corrected chi connectivity index (χ3v) is 2.70. The summed E-state index contributed by atoms with van der Waals surface area (Å²) in [6, 6.07) is 1.92. The highest BCUT2D eigenvalue weighted by molar-refractivity contribution is 5.81. The van der Waals surface area contributed by atoms with Crippen LogP contribution in [0.15, 0.2) is 0 Å². The van der Waals surface area contributed by atoms with E-state index in [4.69, 9.17) is 5.26 Å². The summed E-state index contributed by atoms with van der Waals surface area (Å²) < 4.78 is 0. The fourth-order valence-electron chi connectivity index (χ4n) is 1.35. The van der Waals surface area contributed by atoms with Crippen LogP contribution in [0.5, 0.6) is 0 Å². The van der Waals surface area contributed by atoms with Crippen LogP contribution in [0.1, 0.15) is 39.5 Å². The SMILES string of the molecule is CCCCCNC(=O)C(C)N(C)CCC#N. The summed E-state index contributed by atoms with van der Waals surface area (Å²) in [5, 5.41) is 11.4. The summed E-state index contributed by atoms with van der Waals surface area (Å²) in [5.41, 5.74) is 0. The number of nitrogens with one attached hydrogen (secondary N) is 1. The number of unbranched alkanes of at least 4 members (excludes halogenated alkanes) is 2. The highest BCUT2D eigenvalue weighted by atomic mass is 16.2. The van der Waals surface area contributed by atoms with Crippen LogP contribution < -0.4 is 5.32 Å². The number of amides is 1. The average molecular weight is 225 g/mol. The minimum Gasteiger partial charge on any atom is -0.355 e. The molecule has 0 aliphatic rings. The molecule has 1 N–H and O–H groups in total. The van der Waals surface area contributed by atoms with Crippen molar-refractivity contribution in [2.75, 3.05) is 20.1 Å². The van der Waals surface area contributed by atoms with E-state index in [-0.39, 0.29) is 11.9 Å². The molecule has 4 heteroatoms. The second-order valence-corrected chi connectivity index (χ2v) is 4.06. The van der Waals surface area contributed by atoms with Gasteiger partial charge in [0.2, 0.25) is 5.91 Å². The van der Waals surface area contributed by atoms with E-state index in [1.165, 1.54) is 0 Å². The number of hydrogen-bond acceptors (Lipinski definition) is 3. The maximum absolute atomic E-state index is 11.7. The maximum atomic E-state index is 11.7. The first-order valence-corrected chi connectivity index (χ1v) is 5.98. The van der Waals surface area contributed by atoms with Crippen molar-refractivity contribution in [1.29, 1.82) is 5.26 Å². The van der Waals surface area contributed by atoms with Crippen LogP contribution >= 0.6 is 0 Å². The molecule has 0 fully saturated rings. The van der Waals surface area contributed by atoms with Crippen molar-refractivity contribution in [3.63, 3.8) is 0 Å². The molecule has 0 aliphatic heterocycles. The molecule has 16 heavy (non-hydrogen) atoms. The minimum atomic E-state index is -0.157. The van der Waals surface area contributed by atoms with Gasteiger partial charge in [0.25, 0.3) is 0 Å². The van der Waals surface area contributed by atoms with Gasteiger partial charge >= 0.3 is 0 Å². The molecule has 0 spiro atoms. The first kappa shape index (κ1) is 14.9. The number of nitrogens with zero attached hydrogens (tertiary/aromatic N) is 2. The summed E-state index contributed by atoms with van der Waals surface area (Å²) in [4.78, 5) is 13.6. The zero-order chi connectivity index (χ0) is 12.4. The van der Waals surface area contributed by atoms with E-state index in [1.54, 1.807) is 0 Å². The topological polar surface area (TPSA) is 56.1 Å². The van der Waals surface area contributed by atoms with E-state index >= 15 is 0 Å². The van der Waals surface area contributed by atoms with Gasteiger partial charge in [-0.3, -0.25) is 9.69 Å². The average Bonchev–Trinajstić information content (AvgIpc) is 2.30. The Balaban J connectivity index is 3.76. The number of nitriles is 1. The summed E-state index contributed by atoms with van der Waals surface area (Å²) in [7, 11) is 1.87. The highest BCUT2D eigenvalue weighted by Crippen LogP contribution is 1.98. The third kappa shape index (κ3) is 6.41. The Morgan fingerprint density at radius 2 is 2.19 bits per heavy atom. The fourth-order valence-corrected chi connectivity index (χ4v) is 1.35. The maximum Gasteiger partial charge on any atom is 0.237 e. The second kappa shape index (κ2) is 9.17. The molecule has 0 aromatic carbocycles. The monoisotopic (exact) mass is 225 g/mol. The van der Waals surface area contributed by atoms with E-state index in [9.17, 15) is 4.79 Å². The summed E-state index contributed by atoms with van der Waals surface area (Å²) >= 11 is 0. The normalized spacial score (nSPS) is 12.2. The Bertz CT molecular complexity index is 235. The molecule has 0 saturated carbocycles. The molecular formula is C12H23N3O. The molecule has 1 unspecified atom stereocenters. The predicted molar refractivity (Wildman–Crippen MR) is 64.9 cm³/mol. The van der Waals surface area contributed by atoms with Gasteiger partial charge in [-0.15, -0.1) is 0 Å². The quantitative estimate of drug-likeness (QED) is 0.637. The van der Waals surface area contributed by atoms with Gasteiger partial charge < -0.3 is 5.32 Å². The fraction of sp³-hybridized carbons (Fsp3) is 0.833. The zero-order valence-corrected chi connectivity index (χ0v) is 10.6.